The number of benzene rings is 1. The van der Waals surface area contributed by atoms with Gasteiger partial charge in [-0.3, -0.25) is 24.3 Å². The maximum atomic E-state index is 13.0. The molecular weight excluding hydrogens is 390 g/mol. The van der Waals surface area contributed by atoms with E-state index < -0.39 is 0 Å². The van der Waals surface area contributed by atoms with Gasteiger partial charge in [0, 0.05) is 11.8 Å². The summed E-state index contributed by atoms with van der Waals surface area (Å²) >= 11 is 0. The first-order chi connectivity index (χ1) is 15.1. The second kappa shape index (κ2) is 6.87. The molecule has 6 rings (SSSR count). The van der Waals surface area contributed by atoms with Gasteiger partial charge in [0.2, 0.25) is 11.8 Å². The fourth-order valence-electron chi connectivity index (χ4n) is 5.91. The van der Waals surface area contributed by atoms with Crippen LogP contribution in [0, 0.1) is 23.7 Å². The summed E-state index contributed by atoms with van der Waals surface area (Å²) in [6.45, 7) is 0. The molecule has 4 aliphatic rings. The highest BCUT2D eigenvalue weighted by atomic mass is 16.2. The highest BCUT2D eigenvalue weighted by Gasteiger charge is 2.59. The van der Waals surface area contributed by atoms with Crippen molar-refractivity contribution >= 4 is 23.4 Å². The Balaban J connectivity index is 1.20. The van der Waals surface area contributed by atoms with Crippen LogP contribution in [0.4, 0.5) is 5.69 Å². The number of hydrogen-bond acceptors (Lipinski definition) is 4. The number of allylic oxidation sites excluding steroid dienone is 2. The number of nitrogens with zero attached hydrogens (tertiary/aromatic N) is 2. The molecule has 31 heavy (non-hydrogen) atoms. The van der Waals surface area contributed by atoms with Crippen LogP contribution in [0.2, 0.25) is 0 Å². The monoisotopic (exact) mass is 413 g/mol. The van der Waals surface area contributed by atoms with Crippen LogP contribution < -0.4 is 10.2 Å². The number of hydrogen-bond donors (Lipinski definition) is 1. The quantitative estimate of drug-likeness (QED) is 0.619. The Labute approximate surface area is 180 Å². The van der Waals surface area contributed by atoms with E-state index in [1.165, 1.54) is 10.5 Å². The number of carbonyl (C=O) groups excluding carboxylic acids is 3. The number of amides is 3. The summed E-state index contributed by atoms with van der Waals surface area (Å²) in [4.78, 5) is 44.6. The summed E-state index contributed by atoms with van der Waals surface area (Å²) < 4.78 is 0. The Kier molecular flexibility index (Phi) is 4.10. The van der Waals surface area contributed by atoms with Crippen LogP contribution in [0.5, 0.6) is 0 Å². The smallest absolute Gasteiger partial charge is 0.251 e. The van der Waals surface area contributed by atoms with E-state index >= 15 is 0 Å². The number of rotatable bonds is 3. The van der Waals surface area contributed by atoms with E-state index in [1.807, 2.05) is 6.07 Å². The van der Waals surface area contributed by atoms with E-state index in [2.05, 4.69) is 28.5 Å². The summed E-state index contributed by atoms with van der Waals surface area (Å²) in [5, 5.41) is 3.09. The van der Waals surface area contributed by atoms with Crippen LogP contribution in [0.25, 0.3) is 0 Å². The number of pyridine rings is 1. The lowest BCUT2D eigenvalue weighted by molar-refractivity contribution is -0.123. The zero-order chi connectivity index (χ0) is 21.1. The number of aromatic nitrogens is 1. The predicted octanol–water partition coefficient (Wildman–Crippen LogP) is 3.20. The number of aryl methyl sites for hydroxylation is 1. The minimum absolute atomic E-state index is 0.0961. The lowest BCUT2D eigenvalue weighted by atomic mass is 9.85. The van der Waals surface area contributed by atoms with Crippen LogP contribution in [-0.2, 0) is 16.0 Å². The van der Waals surface area contributed by atoms with Gasteiger partial charge in [-0.25, -0.2) is 0 Å². The average molecular weight is 413 g/mol. The first-order valence-corrected chi connectivity index (χ1v) is 11.0. The highest BCUT2D eigenvalue weighted by molar-refractivity contribution is 6.22. The van der Waals surface area contributed by atoms with E-state index in [4.69, 9.17) is 0 Å². The molecule has 0 spiro atoms. The third-order valence-corrected chi connectivity index (χ3v) is 7.36. The van der Waals surface area contributed by atoms with Gasteiger partial charge < -0.3 is 5.32 Å². The molecule has 3 aliphatic carbocycles. The molecule has 0 radical (unpaired) electrons. The molecule has 6 heteroatoms. The molecule has 1 aromatic heterocycles. The number of imide groups is 1. The standard InChI is InChI=1S/C25H23N3O3/c29-23(27-19-5-1-3-14-4-2-12-26-22(14)19)15-8-10-18(11-9-15)28-24(30)20-16-6-7-17(13-16)21(20)25(28)31/h2,4,6-12,16-17,19-21H,1,3,5,13H2,(H,27,29)/t16-,17+,19?,20-,21+. The van der Waals surface area contributed by atoms with Crippen molar-refractivity contribution in [3.05, 3.63) is 71.6 Å². The molecule has 1 aliphatic heterocycles. The normalized spacial score (nSPS) is 30.5. The van der Waals surface area contributed by atoms with Gasteiger partial charge in [0.15, 0.2) is 0 Å². The van der Waals surface area contributed by atoms with Crippen LogP contribution in [0.3, 0.4) is 0 Å². The topological polar surface area (TPSA) is 79.4 Å². The Morgan fingerprint density at radius 2 is 1.71 bits per heavy atom. The van der Waals surface area contributed by atoms with Gasteiger partial charge in [0.1, 0.15) is 0 Å². The zero-order valence-corrected chi connectivity index (χ0v) is 17.0. The molecule has 2 bridgehead atoms. The summed E-state index contributed by atoms with van der Waals surface area (Å²) in [7, 11) is 0. The third kappa shape index (κ3) is 2.77. The van der Waals surface area contributed by atoms with Gasteiger partial charge >= 0.3 is 0 Å². The van der Waals surface area contributed by atoms with Crippen molar-refractivity contribution in [3.8, 4) is 0 Å². The van der Waals surface area contributed by atoms with Crippen molar-refractivity contribution in [2.24, 2.45) is 23.7 Å². The van der Waals surface area contributed by atoms with Gasteiger partial charge in [-0.1, -0.05) is 18.2 Å². The Morgan fingerprint density at radius 1 is 1.00 bits per heavy atom. The molecule has 3 amide bonds. The SMILES string of the molecule is O=C(NC1CCCc2cccnc21)c1ccc(N2C(=O)[C@@H]3[C@H](C2=O)[C@@H]2C=C[C@H]3C2)cc1. The molecule has 1 saturated carbocycles. The largest absolute Gasteiger partial charge is 0.344 e. The Bertz CT molecular complexity index is 1090. The fourth-order valence-corrected chi connectivity index (χ4v) is 5.91. The predicted molar refractivity (Wildman–Crippen MR) is 114 cm³/mol. The molecule has 1 unspecified atom stereocenters. The van der Waals surface area contributed by atoms with Crippen molar-refractivity contribution in [2.45, 2.75) is 31.7 Å². The van der Waals surface area contributed by atoms with Crippen LogP contribution in [-0.4, -0.2) is 22.7 Å². The maximum Gasteiger partial charge on any atom is 0.251 e. The van der Waals surface area contributed by atoms with Crippen LogP contribution >= 0.6 is 0 Å². The van der Waals surface area contributed by atoms with E-state index in [1.54, 1.807) is 30.5 Å². The van der Waals surface area contributed by atoms with Gasteiger partial charge in [0.25, 0.3) is 5.91 Å². The lowest BCUT2D eigenvalue weighted by Crippen LogP contribution is -2.33. The van der Waals surface area contributed by atoms with Crippen molar-refractivity contribution < 1.29 is 14.4 Å². The van der Waals surface area contributed by atoms with Gasteiger partial charge in [-0.15, -0.1) is 0 Å². The van der Waals surface area contributed by atoms with Gasteiger partial charge in [-0.05, 0) is 73.4 Å². The van der Waals surface area contributed by atoms with E-state index in [-0.39, 0.29) is 47.4 Å². The second-order valence-electron chi connectivity index (χ2n) is 9.02. The van der Waals surface area contributed by atoms with Crippen LogP contribution in [0.1, 0.15) is 46.9 Å². The molecule has 2 fully saturated rings. The molecule has 1 N–H and O–H groups in total. The molecule has 5 atom stereocenters. The summed E-state index contributed by atoms with van der Waals surface area (Å²) in [5.74, 6) is -0.438. The molecule has 6 nitrogen and oxygen atoms in total. The number of anilines is 1. The van der Waals surface area contributed by atoms with Crippen LogP contribution in [0.15, 0.2) is 54.7 Å². The third-order valence-electron chi connectivity index (χ3n) is 7.36. The zero-order valence-electron chi connectivity index (χ0n) is 17.0. The Hall–Kier alpha value is -3.28. The number of fused-ring (bicyclic) bond motifs is 6. The van der Waals surface area contributed by atoms with Crippen molar-refractivity contribution in [2.75, 3.05) is 4.90 Å². The van der Waals surface area contributed by atoms with Gasteiger partial charge in [-0.2, -0.15) is 0 Å². The van der Waals surface area contributed by atoms with E-state index in [9.17, 15) is 14.4 Å². The second-order valence-corrected chi connectivity index (χ2v) is 9.02. The van der Waals surface area contributed by atoms with E-state index in [0.717, 1.165) is 31.4 Å². The Morgan fingerprint density at radius 3 is 2.42 bits per heavy atom. The molecule has 2 heterocycles. The fraction of sp³-hybridized carbons (Fsp3) is 0.360. The first kappa shape index (κ1) is 18.5. The summed E-state index contributed by atoms with van der Waals surface area (Å²) in [6.07, 6.45) is 9.72. The maximum absolute atomic E-state index is 13.0. The molecule has 1 saturated heterocycles. The van der Waals surface area contributed by atoms with E-state index in [0.29, 0.717) is 11.3 Å². The number of nitrogens with one attached hydrogen (secondary N) is 1. The minimum Gasteiger partial charge on any atom is -0.344 e. The highest BCUT2D eigenvalue weighted by Crippen LogP contribution is 2.53. The molecule has 156 valence electrons. The average Bonchev–Trinajstić information content (AvgIpc) is 3.48. The van der Waals surface area contributed by atoms with Crippen molar-refractivity contribution in [1.29, 1.82) is 0 Å². The lowest BCUT2D eigenvalue weighted by Gasteiger charge is -2.25. The van der Waals surface area contributed by atoms with Gasteiger partial charge in [0.05, 0.1) is 29.3 Å². The summed E-state index contributed by atoms with van der Waals surface area (Å²) in [6, 6.07) is 10.7. The molecular formula is C25H23N3O3. The van der Waals surface area contributed by atoms with Crippen molar-refractivity contribution in [1.82, 2.24) is 10.3 Å². The summed E-state index contributed by atoms with van der Waals surface area (Å²) in [5.41, 5.74) is 3.19. The molecule has 1 aromatic carbocycles. The minimum atomic E-state index is -0.218. The molecule has 2 aromatic rings. The number of carbonyl (C=O) groups is 3. The first-order valence-electron chi connectivity index (χ1n) is 11.0. The van der Waals surface area contributed by atoms with Crippen molar-refractivity contribution in [3.63, 3.8) is 0 Å².